The van der Waals surface area contributed by atoms with Gasteiger partial charge >= 0.3 is 0 Å². The van der Waals surface area contributed by atoms with E-state index in [-0.39, 0.29) is 41.8 Å². The number of ether oxygens (including phenoxy) is 1. The predicted octanol–water partition coefficient (Wildman–Crippen LogP) is 1.90. The van der Waals surface area contributed by atoms with Crippen LogP contribution in [0.25, 0.3) is 0 Å². The topological polar surface area (TPSA) is 106 Å². The zero-order chi connectivity index (χ0) is 24.2. The fraction of sp³-hybridized carbons (Fsp3) is 0.500. The molecule has 1 aromatic carbocycles. The summed E-state index contributed by atoms with van der Waals surface area (Å²) in [5.41, 5.74) is 1.42. The van der Waals surface area contributed by atoms with E-state index in [2.05, 4.69) is 15.7 Å². The second-order valence-electron chi connectivity index (χ2n) is 8.91. The second kappa shape index (κ2) is 10.2. The number of nitrogens with zero attached hydrogens (tertiary/aromatic N) is 3. The minimum Gasteiger partial charge on any atom is -0.379 e. The first-order chi connectivity index (χ1) is 15.6. The molecule has 0 bridgehead atoms. The number of likely N-dealkylation sites (N-methyl/N-ethyl adjacent to an activating group) is 1. The van der Waals surface area contributed by atoms with Crippen molar-refractivity contribution in [1.29, 1.82) is 0 Å². The lowest BCUT2D eigenvalue weighted by molar-refractivity contribution is -0.132. The normalized spacial score (nSPS) is 17.8. The number of hydrogen-bond acceptors (Lipinski definition) is 5. The Kier molecular flexibility index (Phi) is 7.53. The summed E-state index contributed by atoms with van der Waals surface area (Å²) in [6.45, 7) is 9.13. The third-order valence-corrected chi connectivity index (χ3v) is 5.85. The van der Waals surface area contributed by atoms with E-state index in [1.807, 2.05) is 45.0 Å². The van der Waals surface area contributed by atoms with Gasteiger partial charge < -0.3 is 20.3 Å². The van der Waals surface area contributed by atoms with Gasteiger partial charge in [0.25, 0.3) is 11.8 Å². The fourth-order valence-corrected chi connectivity index (χ4v) is 3.60. The molecule has 2 heterocycles. The van der Waals surface area contributed by atoms with E-state index in [0.29, 0.717) is 26.1 Å². The van der Waals surface area contributed by atoms with Gasteiger partial charge in [-0.1, -0.05) is 29.8 Å². The molecule has 0 saturated carbocycles. The van der Waals surface area contributed by atoms with Gasteiger partial charge in [0.15, 0.2) is 5.69 Å². The molecule has 0 aliphatic carbocycles. The summed E-state index contributed by atoms with van der Waals surface area (Å²) in [5, 5.41) is 10.0. The molecule has 178 valence electrons. The van der Waals surface area contributed by atoms with Crippen molar-refractivity contribution >= 4 is 17.7 Å². The monoisotopic (exact) mass is 455 g/mol. The molecule has 1 atom stereocenters. The average Bonchev–Trinajstić information content (AvgIpc) is 3.20. The Labute approximate surface area is 194 Å². The molecule has 2 N–H and O–H groups in total. The van der Waals surface area contributed by atoms with Crippen molar-refractivity contribution in [3.8, 4) is 0 Å². The Balaban J connectivity index is 1.65. The van der Waals surface area contributed by atoms with Gasteiger partial charge in [0.1, 0.15) is 11.2 Å². The molecule has 1 aromatic heterocycles. The number of benzene rings is 1. The van der Waals surface area contributed by atoms with Crippen molar-refractivity contribution in [3.63, 3.8) is 0 Å². The number of hydrogen-bond donors (Lipinski definition) is 2. The summed E-state index contributed by atoms with van der Waals surface area (Å²) in [6.07, 6.45) is 0.824. The molecule has 0 fully saturated rings. The van der Waals surface area contributed by atoms with Gasteiger partial charge in [-0.05, 0) is 39.7 Å². The highest BCUT2D eigenvalue weighted by Crippen LogP contribution is 2.26. The molecule has 33 heavy (non-hydrogen) atoms. The van der Waals surface area contributed by atoms with Crippen LogP contribution >= 0.6 is 0 Å². The van der Waals surface area contributed by atoms with Crippen molar-refractivity contribution in [1.82, 2.24) is 25.3 Å². The smallest absolute Gasteiger partial charge is 0.272 e. The van der Waals surface area contributed by atoms with Crippen molar-refractivity contribution in [2.24, 2.45) is 0 Å². The van der Waals surface area contributed by atoms with E-state index in [4.69, 9.17) is 4.74 Å². The minimum absolute atomic E-state index is 0.145. The van der Waals surface area contributed by atoms with E-state index in [9.17, 15) is 14.4 Å². The molecule has 3 rings (SSSR count). The zero-order valence-electron chi connectivity index (χ0n) is 20.0. The Bertz CT molecular complexity index is 1010. The molecular formula is C24H33N5O4. The van der Waals surface area contributed by atoms with Crippen LogP contribution in [0.2, 0.25) is 0 Å². The molecule has 0 saturated heterocycles. The van der Waals surface area contributed by atoms with Gasteiger partial charge in [-0.3, -0.25) is 19.1 Å². The van der Waals surface area contributed by atoms with Crippen LogP contribution < -0.4 is 10.6 Å². The molecule has 1 unspecified atom stereocenters. The molecule has 0 spiro atoms. The first-order valence-electron chi connectivity index (χ1n) is 11.2. The zero-order valence-corrected chi connectivity index (χ0v) is 20.0. The summed E-state index contributed by atoms with van der Waals surface area (Å²) < 4.78 is 6.91. The lowest BCUT2D eigenvalue weighted by Gasteiger charge is -2.40. The maximum absolute atomic E-state index is 13.1. The molecule has 9 heteroatoms. The van der Waals surface area contributed by atoms with Crippen LogP contribution in [0.1, 0.15) is 59.3 Å². The SMILES string of the molecule is Cc1ccc(CNC(=O)C2(C)Cn3nc(C(=O)NCCCOC(C)C)cc3C(=O)N2C)cc1. The van der Waals surface area contributed by atoms with Crippen molar-refractivity contribution in [2.75, 3.05) is 20.2 Å². The minimum atomic E-state index is -1.14. The molecular weight excluding hydrogens is 422 g/mol. The highest BCUT2D eigenvalue weighted by molar-refractivity contribution is 6.01. The largest absolute Gasteiger partial charge is 0.379 e. The number of carbonyl (C=O) groups excluding carboxylic acids is 3. The first kappa shape index (κ1) is 24.4. The third kappa shape index (κ3) is 5.60. The van der Waals surface area contributed by atoms with Crippen LogP contribution in [0.3, 0.4) is 0 Å². The average molecular weight is 456 g/mol. The lowest BCUT2D eigenvalue weighted by atomic mass is 9.95. The molecule has 9 nitrogen and oxygen atoms in total. The number of aromatic nitrogens is 2. The van der Waals surface area contributed by atoms with E-state index in [0.717, 1.165) is 11.1 Å². The number of aryl methyl sites for hydroxylation is 1. The number of rotatable bonds is 9. The second-order valence-corrected chi connectivity index (χ2v) is 8.91. The van der Waals surface area contributed by atoms with E-state index in [1.54, 1.807) is 14.0 Å². The van der Waals surface area contributed by atoms with E-state index < -0.39 is 5.54 Å². The summed E-state index contributed by atoms with van der Waals surface area (Å²) in [6, 6.07) is 9.36. The van der Waals surface area contributed by atoms with E-state index >= 15 is 0 Å². The number of amides is 3. The van der Waals surface area contributed by atoms with Crippen LogP contribution in [0, 0.1) is 6.92 Å². The highest BCUT2D eigenvalue weighted by atomic mass is 16.5. The van der Waals surface area contributed by atoms with Gasteiger partial charge in [-0.2, -0.15) is 5.10 Å². The standard InChI is InChI=1S/C24H33N5O4/c1-16(2)33-12-6-11-25-21(30)19-13-20-22(31)28(5)24(4,15-29(20)27-19)23(32)26-14-18-9-7-17(3)8-10-18/h7-10,13,16H,6,11-12,14-15H2,1-5H3,(H,25,30)(H,26,32). The summed E-state index contributed by atoms with van der Waals surface area (Å²) in [7, 11) is 1.60. The molecule has 3 amide bonds. The maximum Gasteiger partial charge on any atom is 0.272 e. The molecule has 1 aliphatic heterocycles. The number of carbonyl (C=O) groups is 3. The number of fused-ring (bicyclic) bond motifs is 1. The molecule has 2 aromatic rings. The highest BCUT2D eigenvalue weighted by Gasteiger charge is 2.46. The Morgan fingerprint density at radius 3 is 2.58 bits per heavy atom. The van der Waals surface area contributed by atoms with Crippen molar-refractivity contribution < 1.29 is 19.1 Å². The maximum atomic E-state index is 13.1. The first-order valence-corrected chi connectivity index (χ1v) is 11.2. The van der Waals surface area contributed by atoms with Crippen LogP contribution in [0.5, 0.6) is 0 Å². The fourth-order valence-electron chi connectivity index (χ4n) is 3.60. The van der Waals surface area contributed by atoms with Gasteiger partial charge in [0.05, 0.1) is 12.6 Å². The quantitative estimate of drug-likeness (QED) is 0.562. The molecule has 1 aliphatic rings. The molecule has 0 radical (unpaired) electrons. The Morgan fingerprint density at radius 2 is 1.91 bits per heavy atom. The van der Waals surface area contributed by atoms with Gasteiger partial charge in [0.2, 0.25) is 5.91 Å². The van der Waals surface area contributed by atoms with Gasteiger partial charge in [0, 0.05) is 32.8 Å². The van der Waals surface area contributed by atoms with Crippen LogP contribution in [-0.2, 0) is 22.6 Å². The van der Waals surface area contributed by atoms with Crippen LogP contribution in [-0.4, -0.2) is 64.2 Å². The lowest BCUT2D eigenvalue weighted by Crippen LogP contribution is -2.62. The predicted molar refractivity (Wildman–Crippen MR) is 124 cm³/mol. The summed E-state index contributed by atoms with van der Waals surface area (Å²) in [5.74, 6) is -0.996. The number of nitrogens with one attached hydrogen (secondary N) is 2. The Hall–Kier alpha value is -3.20. The van der Waals surface area contributed by atoms with Crippen molar-refractivity contribution in [3.05, 3.63) is 52.8 Å². The summed E-state index contributed by atoms with van der Waals surface area (Å²) in [4.78, 5) is 40.0. The van der Waals surface area contributed by atoms with Gasteiger partial charge in [-0.25, -0.2) is 0 Å². The van der Waals surface area contributed by atoms with E-state index in [1.165, 1.54) is 15.6 Å². The summed E-state index contributed by atoms with van der Waals surface area (Å²) >= 11 is 0. The van der Waals surface area contributed by atoms with Crippen LogP contribution in [0.15, 0.2) is 30.3 Å². The van der Waals surface area contributed by atoms with Crippen molar-refractivity contribution in [2.45, 2.75) is 58.8 Å². The Morgan fingerprint density at radius 1 is 1.21 bits per heavy atom. The third-order valence-electron chi connectivity index (χ3n) is 5.85. The van der Waals surface area contributed by atoms with Gasteiger partial charge in [-0.15, -0.1) is 0 Å². The van der Waals surface area contributed by atoms with Crippen LogP contribution in [0.4, 0.5) is 0 Å².